The molecule has 0 heterocycles. The predicted octanol–water partition coefficient (Wildman–Crippen LogP) is 0.952. The molecule has 0 saturated heterocycles. The van der Waals surface area contributed by atoms with Gasteiger partial charge in [0.15, 0.2) is 0 Å². The van der Waals surface area contributed by atoms with Gasteiger partial charge < -0.3 is 5.11 Å². The van der Waals surface area contributed by atoms with Gasteiger partial charge in [0, 0.05) is 6.42 Å². The Balaban J connectivity index is 3.56. The summed E-state index contributed by atoms with van der Waals surface area (Å²) in [5, 5.41) is 8.30. The van der Waals surface area contributed by atoms with Gasteiger partial charge in [0.1, 0.15) is 0 Å². The van der Waals surface area contributed by atoms with Crippen LogP contribution in [0.5, 0.6) is 0 Å². The van der Waals surface area contributed by atoms with Crippen LogP contribution in [0, 0.1) is 23.7 Å². The number of rotatable bonds is 1. The second kappa shape index (κ2) is 7.82. The van der Waals surface area contributed by atoms with E-state index >= 15 is 0 Å². The molecule has 0 aliphatic carbocycles. The molecule has 0 aliphatic heterocycles. The van der Waals surface area contributed by atoms with Crippen LogP contribution in [0.4, 0.5) is 0 Å². The maximum absolute atomic E-state index is 8.30. The highest BCUT2D eigenvalue weighted by atomic mass is 16.2. The van der Waals surface area contributed by atoms with E-state index in [2.05, 4.69) is 23.7 Å². The van der Waals surface area contributed by atoms with Crippen molar-refractivity contribution in [3.63, 3.8) is 0 Å². The van der Waals surface area contributed by atoms with Crippen LogP contribution in [0.1, 0.15) is 13.3 Å². The van der Waals surface area contributed by atoms with Crippen molar-refractivity contribution in [2.45, 2.75) is 13.3 Å². The number of allylic oxidation sites excluding steroid dienone is 2. The molecule has 0 amide bonds. The summed E-state index contributed by atoms with van der Waals surface area (Å²) in [7, 11) is 0. The Morgan fingerprint density at radius 1 is 1.40 bits per heavy atom. The molecule has 0 bridgehead atoms. The third-order valence-corrected chi connectivity index (χ3v) is 0.710. The predicted molar refractivity (Wildman–Crippen MR) is 42.1 cm³/mol. The highest BCUT2D eigenvalue weighted by molar-refractivity contribution is 5.30. The second-order valence-corrected chi connectivity index (χ2v) is 1.54. The molecule has 0 spiro atoms. The number of hydrogen-bond donors (Lipinski definition) is 1. The topological polar surface area (TPSA) is 20.2 Å². The van der Waals surface area contributed by atoms with E-state index < -0.39 is 0 Å². The number of aliphatic hydroxyl groups is 1. The van der Waals surface area contributed by atoms with Gasteiger partial charge in [0.25, 0.3) is 0 Å². The van der Waals surface area contributed by atoms with Crippen molar-refractivity contribution in [2.24, 2.45) is 0 Å². The fraction of sp³-hybridized carbons (Fsp3) is 0.333. The van der Waals surface area contributed by atoms with Crippen LogP contribution in [0.2, 0.25) is 0 Å². The fourth-order valence-corrected chi connectivity index (χ4v) is 0.324. The molecular weight excluding hydrogens is 124 g/mol. The standard InChI is InChI=1S/C9H10O/c1-2-3-4-5-6-7-8-9-10/h2-3,10H,8-9H2,1H3. The smallest absolute Gasteiger partial charge is 0.0540 e. The molecule has 0 unspecified atom stereocenters. The molecule has 0 aromatic carbocycles. The van der Waals surface area contributed by atoms with Crippen molar-refractivity contribution in [3.05, 3.63) is 12.2 Å². The summed E-state index contributed by atoms with van der Waals surface area (Å²) >= 11 is 0. The van der Waals surface area contributed by atoms with Crippen LogP contribution in [-0.4, -0.2) is 11.7 Å². The minimum absolute atomic E-state index is 0.109. The van der Waals surface area contributed by atoms with Crippen molar-refractivity contribution >= 4 is 0 Å². The highest BCUT2D eigenvalue weighted by Gasteiger charge is 1.66. The van der Waals surface area contributed by atoms with Crippen molar-refractivity contribution in [3.8, 4) is 23.7 Å². The van der Waals surface area contributed by atoms with Gasteiger partial charge in [-0.3, -0.25) is 0 Å². The Bertz CT molecular complexity index is 204. The maximum atomic E-state index is 8.30. The third kappa shape index (κ3) is 6.82. The van der Waals surface area contributed by atoms with Gasteiger partial charge in [-0.05, 0) is 24.8 Å². The quantitative estimate of drug-likeness (QED) is 0.529. The molecule has 0 radical (unpaired) electrons. The van der Waals surface area contributed by atoms with Crippen LogP contribution in [0.15, 0.2) is 12.2 Å². The average molecular weight is 134 g/mol. The summed E-state index contributed by atoms with van der Waals surface area (Å²) in [6, 6.07) is 0. The first kappa shape index (κ1) is 8.82. The molecule has 0 aromatic rings. The van der Waals surface area contributed by atoms with Crippen LogP contribution in [0.25, 0.3) is 0 Å². The van der Waals surface area contributed by atoms with Crippen LogP contribution >= 0.6 is 0 Å². The van der Waals surface area contributed by atoms with Crippen molar-refractivity contribution in [1.82, 2.24) is 0 Å². The zero-order chi connectivity index (χ0) is 7.66. The summed E-state index contributed by atoms with van der Waals surface area (Å²) in [4.78, 5) is 0. The Labute approximate surface area is 61.8 Å². The molecule has 1 heteroatoms. The first-order chi connectivity index (χ1) is 4.91. The zero-order valence-corrected chi connectivity index (χ0v) is 6.02. The highest BCUT2D eigenvalue weighted by Crippen LogP contribution is 1.68. The molecule has 0 aromatic heterocycles. The Morgan fingerprint density at radius 3 is 2.80 bits per heavy atom. The normalized spacial score (nSPS) is 7.80. The van der Waals surface area contributed by atoms with Crippen molar-refractivity contribution < 1.29 is 5.11 Å². The van der Waals surface area contributed by atoms with E-state index in [1.165, 1.54) is 0 Å². The van der Waals surface area contributed by atoms with Gasteiger partial charge in [-0.1, -0.05) is 17.9 Å². The number of aliphatic hydroxyl groups excluding tert-OH is 1. The maximum Gasteiger partial charge on any atom is 0.0540 e. The van der Waals surface area contributed by atoms with Crippen LogP contribution in [0.3, 0.4) is 0 Å². The SMILES string of the molecule is CC=CC#CC#CCCO. The summed E-state index contributed by atoms with van der Waals surface area (Å²) in [5.41, 5.74) is 0. The summed E-state index contributed by atoms with van der Waals surface area (Å²) in [6.07, 6.45) is 4.08. The molecule has 0 saturated carbocycles. The van der Waals surface area contributed by atoms with Gasteiger partial charge in [-0.15, -0.1) is 0 Å². The molecule has 1 N–H and O–H groups in total. The zero-order valence-electron chi connectivity index (χ0n) is 6.02. The summed E-state index contributed by atoms with van der Waals surface area (Å²) < 4.78 is 0. The monoisotopic (exact) mass is 134 g/mol. The van der Waals surface area contributed by atoms with Gasteiger partial charge >= 0.3 is 0 Å². The molecule has 0 rings (SSSR count). The van der Waals surface area contributed by atoms with Crippen molar-refractivity contribution in [2.75, 3.05) is 6.61 Å². The van der Waals surface area contributed by atoms with E-state index in [1.54, 1.807) is 6.08 Å². The third-order valence-electron chi connectivity index (χ3n) is 0.710. The molecule has 10 heavy (non-hydrogen) atoms. The first-order valence-corrected chi connectivity index (χ1v) is 3.12. The second-order valence-electron chi connectivity index (χ2n) is 1.54. The van der Waals surface area contributed by atoms with E-state index in [4.69, 9.17) is 5.11 Å². The lowest BCUT2D eigenvalue weighted by molar-refractivity contribution is 0.305. The Hall–Kier alpha value is -1.18. The lowest BCUT2D eigenvalue weighted by Gasteiger charge is -1.72. The molecule has 1 nitrogen and oxygen atoms in total. The largest absolute Gasteiger partial charge is 0.395 e. The van der Waals surface area contributed by atoms with E-state index in [-0.39, 0.29) is 6.61 Å². The molecule has 0 aliphatic rings. The van der Waals surface area contributed by atoms with Gasteiger partial charge in [-0.2, -0.15) is 0 Å². The Kier molecular flexibility index (Phi) is 6.90. The van der Waals surface area contributed by atoms with E-state index in [0.717, 1.165) is 0 Å². The Morgan fingerprint density at radius 2 is 2.20 bits per heavy atom. The van der Waals surface area contributed by atoms with Gasteiger partial charge in [0.2, 0.25) is 0 Å². The fourth-order valence-electron chi connectivity index (χ4n) is 0.324. The van der Waals surface area contributed by atoms with E-state index in [9.17, 15) is 0 Å². The average Bonchev–Trinajstić information content (AvgIpc) is 1.97. The molecule has 52 valence electrons. The molecular formula is C9H10O. The number of hydrogen-bond acceptors (Lipinski definition) is 1. The van der Waals surface area contributed by atoms with Crippen molar-refractivity contribution in [1.29, 1.82) is 0 Å². The first-order valence-electron chi connectivity index (χ1n) is 3.12. The molecule has 0 atom stereocenters. The molecule has 0 fully saturated rings. The minimum Gasteiger partial charge on any atom is -0.395 e. The summed E-state index contributed by atoms with van der Waals surface area (Å²) in [5.74, 6) is 10.6. The van der Waals surface area contributed by atoms with Crippen LogP contribution in [-0.2, 0) is 0 Å². The van der Waals surface area contributed by atoms with Crippen LogP contribution < -0.4 is 0 Å². The summed E-state index contributed by atoms with van der Waals surface area (Å²) in [6.45, 7) is 2.01. The van der Waals surface area contributed by atoms with E-state index in [1.807, 2.05) is 13.0 Å². The van der Waals surface area contributed by atoms with E-state index in [0.29, 0.717) is 6.42 Å². The lowest BCUT2D eigenvalue weighted by atomic mass is 10.4. The van der Waals surface area contributed by atoms with Gasteiger partial charge in [0.05, 0.1) is 6.61 Å². The lowest BCUT2D eigenvalue weighted by Crippen LogP contribution is -1.74. The van der Waals surface area contributed by atoms with Gasteiger partial charge in [-0.25, -0.2) is 0 Å². The minimum atomic E-state index is 0.109.